The Morgan fingerprint density at radius 3 is 2.39 bits per heavy atom. The van der Waals surface area contributed by atoms with Gasteiger partial charge in [0.1, 0.15) is 17.6 Å². The van der Waals surface area contributed by atoms with Gasteiger partial charge in [-0.25, -0.2) is 0 Å². The van der Waals surface area contributed by atoms with E-state index in [9.17, 15) is 4.79 Å². The number of nitrogens with zero attached hydrogens (tertiary/aromatic N) is 2. The Labute approximate surface area is 247 Å². The second-order valence-corrected chi connectivity index (χ2v) is 10.7. The number of carbonyl (C=O) groups excluding carboxylic acids is 1. The Hall–Kier alpha value is -4.60. The number of furan rings is 1. The molecule has 5 aromatic rings. The van der Waals surface area contributed by atoms with Crippen molar-refractivity contribution >= 4 is 46.4 Å². The van der Waals surface area contributed by atoms with Gasteiger partial charge in [0.25, 0.3) is 5.91 Å². The molecule has 2 N–H and O–H groups in total. The molecule has 2 aromatic heterocycles. The lowest BCUT2D eigenvalue weighted by Gasteiger charge is -2.26. The molecular formula is C32H26N4O3S2. The van der Waals surface area contributed by atoms with Crippen LogP contribution in [-0.2, 0) is 4.79 Å². The molecule has 0 radical (unpaired) electrons. The first-order valence-electron chi connectivity index (χ1n) is 13.0. The van der Waals surface area contributed by atoms with Gasteiger partial charge < -0.3 is 24.7 Å². The molecule has 2 atom stereocenters. The third-order valence-corrected chi connectivity index (χ3v) is 7.74. The molecule has 1 aliphatic heterocycles. The molecule has 1 fully saturated rings. The van der Waals surface area contributed by atoms with E-state index in [0.717, 1.165) is 27.1 Å². The van der Waals surface area contributed by atoms with E-state index >= 15 is 0 Å². The van der Waals surface area contributed by atoms with Gasteiger partial charge in [0.15, 0.2) is 16.8 Å². The van der Waals surface area contributed by atoms with E-state index < -0.39 is 0 Å². The number of ether oxygens (including phenoxy) is 1. The number of rotatable bonds is 9. The Kier molecular flexibility index (Phi) is 7.97. The summed E-state index contributed by atoms with van der Waals surface area (Å²) in [5.74, 6) is 1.17. The molecular weight excluding hydrogens is 553 g/mol. The Balaban J connectivity index is 1.22. The van der Waals surface area contributed by atoms with Gasteiger partial charge in [0.2, 0.25) is 0 Å². The van der Waals surface area contributed by atoms with Crippen LogP contribution in [0.1, 0.15) is 23.5 Å². The molecule has 0 spiro atoms. The van der Waals surface area contributed by atoms with Crippen LogP contribution in [0.15, 0.2) is 136 Å². The summed E-state index contributed by atoms with van der Waals surface area (Å²) >= 11 is 7.39. The number of amides is 1. The zero-order chi connectivity index (χ0) is 28.0. The zero-order valence-electron chi connectivity index (χ0n) is 21.8. The summed E-state index contributed by atoms with van der Waals surface area (Å²) < 4.78 is 11.9. The highest BCUT2D eigenvalue weighted by Crippen LogP contribution is 2.43. The average Bonchev–Trinajstić information content (AvgIpc) is 3.62. The normalized spacial score (nSPS) is 16.3. The number of aromatic nitrogens is 1. The fourth-order valence-corrected chi connectivity index (χ4v) is 5.79. The number of carbonyl (C=O) groups is 1. The SMILES string of the molecule is O=C(COc1ccccc1)Nc1ccc(N2C(=S)N[C@@H](c3ccccn3)[C@@H]2c2ccc(Sc3ccccc3)o2)cc1. The second-order valence-electron chi connectivity index (χ2n) is 9.27. The van der Waals surface area contributed by atoms with E-state index in [4.69, 9.17) is 21.4 Å². The summed E-state index contributed by atoms with van der Waals surface area (Å²) in [6.45, 7) is -0.0818. The summed E-state index contributed by atoms with van der Waals surface area (Å²) in [4.78, 5) is 20.2. The molecule has 1 saturated heterocycles. The maximum atomic E-state index is 12.5. The molecule has 0 aliphatic carbocycles. The van der Waals surface area contributed by atoms with Crippen LogP contribution in [0.5, 0.6) is 5.75 Å². The number of hydrogen-bond donors (Lipinski definition) is 2. The molecule has 6 rings (SSSR count). The molecule has 7 nitrogen and oxygen atoms in total. The van der Waals surface area contributed by atoms with Gasteiger partial charge in [-0.3, -0.25) is 9.78 Å². The fourth-order valence-electron chi connectivity index (χ4n) is 4.64. The maximum Gasteiger partial charge on any atom is 0.262 e. The molecule has 9 heteroatoms. The highest BCUT2D eigenvalue weighted by atomic mass is 32.2. The smallest absolute Gasteiger partial charge is 0.262 e. The van der Waals surface area contributed by atoms with Gasteiger partial charge in [0.05, 0.1) is 11.7 Å². The van der Waals surface area contributed by atoms with Crippen LogP contribution < -0.4 is 20.3 Å². The van der Waals surface area contributed by atoms with E-state index in [0.29, 0.717) is 16.5 Å². The van der Waals surface area contributed by atoms with Gasteiger partial charge in [-0.15, -0.1) is 0 Å². The topological polar surface area (TPSA) is 79.6 Å². The van der Waals surface area contributed by atoms with Crippen LogP contribution in [-0.4, -0.2) is 22.6 Å². The first-order chi connectivity index (χ1) is 20.1. The lowest BCUT2D eigenvalue weighted by atomic mass is 10.0. The quantitative estimate of drug-likeness (QED) is 0.181. The van der Waals surface area contributed by atoms with Crippen molar-refractivity contribution in [2.45, 2.75) is 22.1 Å². The number of nitrogens with one attached hydrogen (secondary N) is 2. The van der Waals surface area contributed by atoms with Crippen LogP contribution >= 0.6 is 24.0 Å². The molecule has 3 aromatic carbocycles. The molecule has 1 amide bonds. The van der Waals surface area contributed by atoms with Crippen molar-refractivity contribution in [3.05, 3.63) is 133 Å². The summed E-state index contributed by atoms with van der Waals surface area (Å²) in [6, 6.07) is 36.2. The highest BCUT2D eigenvalue weighted by Gasteiger charge is 2.42. The molecule has 3 heterocycles. The number of hydrogen-bond acceptors (Lipinski definition) is 6. The molecule has 0 saturated carbocycles. The van der Waals surface area contributed by atoms with Gasteiger partial charge in [-0.2, -0.15) is 0 Å². The number of thiocarbonyl (C=S) groups is 1. The number of benzene rings is 3. The van der Waals surface area contributed by atoms with Crippen LogP contribution in [0.4, 0.5) is 11.4 Å². The van der Waals surface area contributed by atoms with E-state index in [1.54, 1.807) is 18.0 Å². The van der Waals surface area contributed by atoms with Crippen molar-refractivity contribution in [3.63, 3.8) is 0 Å². The van der Waals surface area contributed by atoms with Crippen LogP contribution in [0, 0.1) is 0 Å². The Morgan fingerprint density at radius 2 is 1.66 bits per heavy atom. The number of anilines is 2. The molecule has 1 aliphatic rings. The Bertz CT molecular complexity index is 1610. The number of pyridine rings is 1. The minimum Gasteiger partial charge on any atom is -0.484 e. The van der Waals surface area contributed by atoms with Crippen molar-refractivity contribution in [2.24, 2.45) is 0 Å². The fraction of sp³-hybridized carbons (Fsp3) is 0.0938. The van der Waals surface area contributed by atoms with Gasteiger partial charge in [-0.1, -0.05) is 54.2 Å². The Morgan fingerprint density at radius 1 is 0.927 bits per heavy atom. The third kappa shape index (κ3) is 6.26. The van der Waals surface area contributed by atoms with Crippen molar-refractivity contribution < 1.29 is 13.9 Å². The van der Waals surface area contributed by atoms with Crippen LogP contribution in [0.3, 0.4) is 0 Å². The highest BCUT2D eigenvalue weighted by molar-refractivity contribution is 7.99. The lowest BCUT2D eigenvalue weighted by Crippen LogP contribution is -2.29. The summed E-state index contributed by atoms with van der Waals surface area (Å²) in [7, 11) is 0. The predicted molar refractivity (Wildman–Crippen MR) is 164 cm³/mol. The van der Waals surface area contributed by atoms with Crippen LogP contribution in [0.25, 0.3) is 0 Å². The largest absolute Gasteiger partial charge is 0.484 e. The third-order valence-electron chi connectivity index (χ3n) is 6.50. The first-order valence-corrected chi connectivity index (χ1v) is 14.3. The molecule has 0 unspecified atom stereocenters. The van der Waals surface area contributed by atoms with Crippen molar-refractivity contribution in [2.75, 3.05) is 16.8 Å². The van der Waals surface area contributed by atoms with Crippen molar-refractivity contribution in [1.82, 2.24) is 10.3 Å². The summed E-state index contributed by atoms with van der Waals surface area (Å²) in [5.41, 5.74) is 2.38. The number of para-hydroxylation sites is 1. The van der Waals surface area contributed by atoms with Gasteiger partial charge in [0, 0.05) is 22.5 Å². The molecule has 0 bridgehead atoms. The van der Waals surface area contributed by atoms with Crippen LogP contribution in [0.2, 0.25) is 0 Å². The van der Waals surface area contributed by atoms with Crippen molar-refractivity contribution in [3.8, 4) is 5.75 Å². The van der Waals surface area contributed by atoms with Crippen molar-refractivity contribution in [1.29, 1.82) is 0 Å². The van der Waals surface area contributed by atoms with E-state index in [1.807, 2.05) is 108 Å². The summed E-state index contributed by atoms with van der Waals surface area (Å²) in [5, 5.41) is 7.68. The van der Waals surface area contributed by atoms with Gasteiger partial charge >= 0.3 is 0 Å². The molecule has 41 heavy (non-hydrogen) atoms. The lowest BCUT2D eigenvalue weighted by molar-refractivity contribution is -0.118. The predicted octanol–water partition coefficient (Wildman–Crippen LogP) is 7.02. The van der Waals surface area contributed by atoms with E-state index in [1.165, 1.54) is 0 Å². The zero-order valence-corrected chi connectivity index (χ0v) is 23.5. The minimum absolute atomic E-state index is 0.0818. The summed E-state index contributed by atoms with van der Waals surface area (Å²) in [6.07, 6.45) is 1.78. The average molecular weight is 579 g/mol. The van der Waals surface area contributed by atoms with E-state index in [-0.39, 0.29) is 24.6 Å². The first kappa shape index (κ1) is 26.6. The van der Waals surface area contributed by atoms with Gasteiger partial charge in [-0.05, 0) is 85.0 Å². The molecule has 204 valence electrons. The minimum atomic E-state index is -0.276. The monoisotopic (exact) mass is 578 g/mol. The second kappa shape index (κ2) is 12.3. The standard InChI is InChI=1S/C32H26N4O3S2/c37-28(21-38-24-9-3-1-4-10-24)34-22-14-16-23(17-15-22)36-31(30(35-32(36)40)26-13-7-8-20-33-26)27-18-19-29(39-27)41-25-11-5-2-6-12-25/h1-20,30-31H,21H2,(H,34,37)(H,35,40)/t30-,31-/m0/s1. The van der Waals surface area contributed by atoms with E-state index in [2.05, 4.69) is 27.8 Å². The maximum absolute atomic E-state index is 12.5.